The molecule has 3 aromatic heterocycles. The molecule has 2 aliphatic heterocycles. The first-order chi connectivity index (χ1) is 22.3. The molecule has 0 bridgehead atoms. The summed E-state index contributed by atoms with van der Waals surface area (Å²) in [6.07, 6.45) is 7.43. The summed E-state index contributed by atoms with van der Waals surface area (Å²) in [6.45, 7) is 2.62. The van der Waals surface area contributed by atoms with Crippen LogP contribution in [0.4, 0.5) is 0 Å². The van der Waals surface area contributed by atoms with E-state index >= 15 is 0 Å². The molecule has 0 aliphatic carbocycles. The summed E-state index contributed by atoms with van der Waals surface area (Å²) in [5.41, 5.74) is 9.49. The number of fused-ring (bicyclic) bond motifs is 5. The minimum absolute atomic E-state index is 0.617. The number of hydrogen-bond donors (Lipinski definition) is 0. The van der Waals surface area contributed by atoms with Crippen molar-refractivity contribution in [3.05, 3.63) is 127 Å². The smallest absolute Gasteiger partial charge is 0.217 e. The van der Waals surface area contributed by atoms with E-state index in [1.165, 1.54) is 21.7 Å². The predicted octanol–water partition coefficient (Wildman–Crippen LogP) is 7.61. The van der Waals surface area contributed by atoms with E-state index in [0.717, 1.165) is 50.0 Å². The topological polar surface area (TPSA) is 73.9 Å². The number of aromatic nitrogens is 3. The third-order valence-electron chi connectivity index (χ3n) is 8.57. The summed E-state index contributed by atoms with van der Waals surface area (Å²) in [6, 6.07) is 32.6. The zero-order valence-electron chi connectivity index (χ0n) is 24.4. The van der Waals surface area contributed by atoms with Crippen molar-refractivity contribution in [1.29, 1.82) is 0 Å². The Hall–Kier alpha value is -5.82. The first kappa shape index (κ1) is 25.7. The van der Waals surface area contributed by atoms with Crippen LogP contribution in [0.2, 0.25) is 0 Å². The Kier molecular flexibility index (Phi) is 5.94. The molecule has 0 fully saturated rings. The van der Waals surface area contributed by atoms with Crippen molar-refractivity contribution < 1.29 is 9.47 Å². The molecule has 0 radical (unpaired) electrons. The SMILES string of the molecule is c1ccc(-n2c3cc(-c4cncc(C5=NCCO5)c4)ccc3c3ccc4cc(-c5cncc(C6=NCCO6)c5)ccc4c32)cc1. The van der Waals surface area contributed by atoms with Crippen molar-refractivity contribution in [3.8, 4) is 27.9 Å². The Balaban J connectivity index is 1.23. The maximum Gasteiger partial charge on any atom is 0.217 e. The van der Waals surface area contributed by atoms with Crippen molar-refractivity contribution in [2.45, 2.75) is 0 Å². The van der Waals surface area contributed by atoms with Crippen LogP contribution in [0.25, 0.3) is 60.5 Å². The van der Waals surface area contributed by atoms with Gasteiger partial charge in [-0.25, -0.2) is 9.98 Å². The maximum absolute atomic E-state index is 5.72. The summed E-state index contributed by atoms with van der Waals surface area (Å²) in [7, 11) is 0. The number of hydrogen-bond acceptors (Lipinski definition) is 6. The first-order valence-corrected chi connectivity index (χ1v) is 15.1. The van der Waals surface area contributed by atoms with Crippen molar-refractivity contribution in [2.75, 3.05) is 26.3 Å². The number of pyridine rings is 2. The van der Waals surface area contributed by atoms with Gasteiger partial charge in [-0.3, -0.25) is 9.97 Å². The molecule has 0 unspecified atom stereocenters. The molecule has 0 amide bonds. The van der Waals surface area contributed by atoms with Crippen LogP contribution in [0.3, 0.4) is 0 Å². The van der Waals surface area contributed by atoms with E-state index in [2.05, 4.69) is 116 Å². The van der Waals surface area contributed by atoms with Crippen molar-refractivity contribution in [1.82, 2.24) is 14.5 Å². The second-order valence-corrected chi connectivity index (χ2v) is 11.3. The van der Waals surface area contributed by atoms with Crippen LogP contribution in [0.15, 0.2) is 126 Å². The maximum atomic E-state index is 5.72. The molecule has 7 heteroatoms. The Morgan fingerprint density at radius 2 is 1.11 bits per heavy atom. The molecule has 7 nitrogen and oxygen atoms in total. The third-order valence-corrected chi connectivity index (χ3v) is 8.57. The monoisotopic (exact) mass is 585 g/mol. The predicted molar refractivity (Wildman–Crippen MR) is 179 cm³/mol. The summed E-state index contributed by atoms with van der Waals surface area (Å²) >= 11 is 0. The molecule has 9 rings (SSSR count). The van der Waals surface area contributed by atoms with E-state index in [1.807, 2.05) is 24.8 Å². The zero-order chi connectivity index (χ0) is 29.7. The minimum Gasteiger partial charge on any atom is -0.475 e. The molecule has 0 N–H and O–H groups in total. The molecule has 5 heterocycles. The fourth-order valence-corrected chi connectivity index (χ4v) is 6.49. The van der Waals surface area contributed by atoms with Gasteiger partial charge < -0.3 is 14.0 Å². The number of benzene rings is 4. The van der Waals surface area contributed by atoms with Gasteiger partial charge in [-0.1, -0.05) is 54.6 Å². The summed E-state index contributed by atoms with van der Waals surface area (Å²) < 4.78 is 13.8. The molecule has 0 saturated heterocycles. The Morgan fingerprint density at radius 1 is 0.511 bits per heavy atom. The number of ether oxygens (including phenoxy) is 2. The van der Waals surface area contributed by atoms with Gasteiger partial charge in [-0.15, -0.1) is 0 Å². The molecule has 216 valence electrons. The largest absolute Gasteiger partial charge is 0.475 e. The van der Waals surface area contributed by atoms with Crippen molar-refractivity contribution in [2.24, 2.45) is 9.98 Å². The van der Waals surface area contributed by atoms with Crippen LogP contribution in [-0.4, -0.2) is 52.6 Å². The van der Waals surface area contributed by atoms with Crippen LogP contribution in [0, 0.1) is 0 Å². The van der Waals surface area contributed by atoms with E-state index in [1.54, 1.807) is 0 Å². The Labute approximate surface area is 259 Å². The van der Waals surface area contributed by atoms with Crippen LogP contribution >= 0.6 is 0 Å². The van der Waals surface area contributed by atoms with Crippen LogP contribution < -0.4 is 0 Å². The fraction of sp³-hybridized carbons (Fsp3) is 0.105. The average molecular weight is 586 g/mol. The van der Waals surface area contributed by atoms with Gasteiger partial charge in [0.15, 0.2) is 0 Å². The van der Waals surface area contributed by atoms with Gasteiger partial charge in [0.25, 0.3) is 0 Å². The summed E-state index contributed by atoms with van der Waals surface area (Å²) in [5.74, 6) is 1.33. The van der Waals surface area contributed by atoms with E-state index < -0.39 is 0 Å². The molecular weight excluding hydrogens is 558 g/mol. The second kappa shape index (κ2) is 10.4. The average Bonchev–Trinajstić information content (AvgIpc) is 3.90. The van der Waals surface area contributed by atoms with Crippen LogP contribution in [-0.2, 0) is 9.47 Å². The summed E-state index contributed by atoms with van der Waals surface area (Å²) in [5, 5.41) is 4.76. The third kappa shape index (κ3) is 4.35. The lowest BCUT2D eigenvalue weighted by Gasteiger charge is -2.12. The van der Waals surface area contributed by atoms with Gasteiger partial charge in [0.2, 0.25) is 11.8 Å². The number of rotatable bonds is 5. The second-order valence-electron chi connectivity index (χ2n) is 11.3. The van der Waals surface area contributed by atoms with Crippen molar-refractivity contribution >= 4 is 44.4 Å². The fourth-order valence-electron chi connectivity index (χ4n) is 6.49. The van der Waals surface area contributed by atoms with Crippen LogP contribution in [0.1, 0.15) is 11.1 Å². The highest BCUT2D eigenvalue weighted by Gasteiger charge is 2.18. The summed E-state index contributed by atoms with van der Waals surface area (Å²) in [4.78, 5) is 18.0. The lowest BCUT2D eigenvalue weighted by atomic mass is 9.99. The van der Waals surface area contributed by atoms with Gasteiger partial charge in [-0.05, 0) is 52.9 Å². The van der Waals surface area contributed by atoms with Gasteiger partial charge in [0.05, 0.1) is 35.2 Å². The molecule has 45 heavy (non-hydrogen) atoms. The first-order valence-electron chi connectivity index (χ1n) is 15.1. The van der Waals surface area contributed by atoms with Gasteiger partial charge in [-0.2, -0.15) is 0 Å². The standard InChI is InChI=1S/C38H27N5O2/c1-2-4-31(5-3-1)43-35-19-25(28-18-30(23-40-21-28)38-42-13-15-45-38)7-10-33(35)34-11-8-26-16-24(6-9-32(26)36(34)43)27-17-29(22-39-20-27)37-41-12-14-44-37/h1-11,16-23H,12-15H2. The number of nitrogens with zero attached hydrogens (tertiary/aromatic N) is 5. The molecule has 0 spiro atoms. The normalized spacial score (nSPS) is 14.5. The molecule has 4 aromatic carbocycles. The number of aliphatic imine (C=N–C) groups is 2. The van der Waals surface area contributed by atoms with Crippen molar-refractivity contribution in [3.63, 3.8) is 0 Å². The Bertz CT molecular complexity index is 2340. The van der Waals surface area contributed by atoms with E-state index in [4.69, 9.17) is 9.47 Å². The van der Waals surface area contributed by atoms with E-state index in [9.17, 15) is 0 Å². The molecule has 2 aliphatic rings. The van der Waals surface area contributed by atoms with E-state index in [-0.39, 0.29) is 0 Å². The Morgan fingerprint density at radius 3 is 1.76 bits per heavy atom. The molecule has 0 atom stereocenters. The molecule has 0 saturated carbocycles. The quantitative estimate of drug-likeness (QED) is 0.208. The highest BCUT2D eigenvalue weighted by molar-refractivity contribution is 6.19. The molecular formula is C38H27N5O2. The minimum atomic E-state index is 0.617. The van der Waals surface area contributed by atoms with E-state index in [0.29, 0.717) is 38.1 Å². The van der Waals surface area contributed by atoms with Crippen LogP contribution in [0.5, 0.6) is 0 Å². The van der Waals surface area contributed by atoms with Gasteiger partial charge >= 0.3 is 0 Å². The lowest BCUT2D eigenvalue weighted by molar-refractivity contribution is 0.348. The number of para-hydroxylation sites is 1. The van der Waals surface area contributed by atoms with Gasteiger partial charge in [0.1, 0.15) is 13.2 Å². The van der Waals surface area contributed by atoms with Gasteiger partial charge in [0, 0.05) is 57.8 Å². The highest BCUT2D eigenvalue weighted by Crippen LogP contribution is 2.39. The lowest BCUT2D eigenvalue weighted by Crippen LogP contribution is -2.01. The zero-order valence-corrected chi connectivity index (χ0v) is 24.4. The highest BCUT2D eigenvalue weighted by atomic mass is 16.5. The molecule has 7 aromatic rings.